The second-order valence-electron chi connectivity index (χ2n) is 9.59. The minimum Gasteiger partial charge on any atom is -0.306 e. The van der Waals surface area contributed by atoms with Crippen molar-refractivity contribution >= 4 is 46.4 Å². The van der Waals surface area contributed by atoms with Crippen LogP contribution in [0.3, 0.4) is 0 Å². The predicted octanol–water partition coefficient (Wildman–Crippen LogP) is 7.32. The summed E-state index contributed by atoms with van der Waals surface area (Å²) < 4.78 is 40.2. The molecular formula is C29H25ClF3N7O2. The van der Waals surface area contributed by atoms with Crippen molar-refractivity contribution in [2.24, 2.45) is 0 Å². The quantitative estimate of drug-likeness (QED) is 0.207. The maximum atomic E-state index is 13.5. The van der Waals surface area contributed by atoms with Gasteiger partial charge in [0.05, 0.1) is 22.8 Å². The highest BCUT2D eigenvalue weighted by molar-refractivity contribution is 6.34. The van der Waals surface area contributed by atoms with E-state index in [2.05, 4.69) is 37.3 Å². The molecule has 1 aliphatic carbocycles. The van der Waals surface area contributed by atoms with Gasteiger partial charge in [0.25, 0.3) is 11.9 Å². The number of H-pyrrole nitrogens is 1. The molecule has 5 rings (SSSR count). The first kappa shape index (κ1) is 28.8. The fourth-order valence-corrected chi connectivity index (χ4v) is 4.88. The normalized spacial score (nSPS) is 13.3. The van der Waals surface area contributed by atoms with E-state index in [4.69, 9.17) is 11.6 Å². The molecule has 42 heavy (non-hydrogen) atoms. The summed E-state index contributed by atoms with van der Waals surface area (Å²) in [7, 11) is 0. The van der Waals surface area contributed by atoms with Gasteiger partial charge in [0.15, 0.2) is 0 Å². The summed E-state index contributed by atoms with van der Waals surface area (Å²) in [6.45, 7) is 0.0528. The molecule has 13 heteroatoms. The van der Waals surface area contributed by atoms with Gasteiger partial charge >= 0.3 is 12.2 Å². The molecule has 4 aromatic rings. The average molecular weight is 596 g/mol. The zero-order valence-electron chi connectivity index (χ0n) is 22.1. The smallest absolute Gasteiger partial charge is 0.306 e. The summed E-state index contributed by atoms with van der Waals surface area (Å²) in [4.78, 5) is 27.4. The molecule has 1 aliphatic rings. The first-order valence-corrected chi connectivity index (χ1v) is 13.4. The average Bonchev–Trinajstić information content (AvgIpc) is 3.50. The Morgan fingerprint density at radius 1 is 0.976 bits per heavy atom. The van der Waals surface area contributed by atoms with Gasteiger partial charge in [-0.1, -0.05) is 53.1 Å². The molecule has 0 saturated heterocycles. The van der Waals surface area contributed by atoms with Crippen LogP contribution in [0.1, 0.15) is 52.7 Å². The van der Waals surface area contributed by atoms with Crippen molar-refractivity contribution in [2.45, 2.75) is 38.4 Å². The van der Waals surface area contributed by atoms with Crippen LogP contribution in [0.2, 0.25) is 5.02 Å². The van der Waals surface area contributed by atoms with E-state index < -0.39 is 28.7 Å². The van der Waals surface area contributed by atoms with Gasteiger partial charge in [-0.05, 0) is 84.0 Å². The summed E-state index contributed by atoms with van der Waals surface area (Å²) >= 11 is 6.04. The fourth-order valence-electron chi connectivity index (χ4n) is 4.60. The molecule has 3 amide bonds. The molecule has 3 aromatic carbocycles. The Labute approximate surface area is 243 Å². The molecule has 0 saturated carbocycles. The predicted molar refractivity (Wildman–Crippen MR) is 153 cm³/mol. The van der Waals surface area contributed by atoms with Crippen LogP contribution in [-0.4, -0.2) is 32.6 Å². The number of alkyl halides is 3. The minimum atomic E-state index is -4.68. The second kappa shape index (κ2) is 12.4. The summed E-state index contributed by atoms with van der Waals surface area (Å²) in [6.07, 6.45) is 1.80. The van der Waals surface area contributed by atoms with E-state index in [1.54, 1.807) is 36.4 Å². The number of aromatic nitrogens is 4. The Morgan fingerprint density at radius 3 is 2.38 bits per heavy atom. The zero-order valence-corrected chi connectivity index (χ0v) is 22.8. The number of benzene rings is 3. The number of nitrogens with zero attached hydrogens (tertiary/aromatic N) is 4. The van der Waals surface area contributed by atoms with Crippen molar-refractivity contribution in [1.82, 2.24) is 20.6 Å². The van der Waals surface area contributed by atoms with E-state index >= 15 is 0 Å². The molecule has 0 radical (unpaired) electrons. The van der Waals surface area contributed by atoms with Gasteiger partial charge in [0, 0.05) is 11.3 Å². The molecule has 0 fully saturated rings. The van der Waals surface area contributed by atoms with Crippen molar-refractivity contribution in [2.75, 3.05) is 15.5 Å². The third-order valence-corrected chi connectivity index (χ3v) is 7.17. The number of amides is 3. The highest BCUT2D eigenvalue weighted by Gasteiger charge is 2.34. The number of urea groups is 1. The lowest BCUT2D eigenvalue weighted by Crippen LogP contribution is -2.34. The van der Waals surface area contributed by atoms with E-state index in [0.717, 1.165) is 37.3 Å². The van der Waals surface area contributed by atoms with Gasteiger partial charge in [0.1, 0.15) is 0 Å². The number of hydrogen-bond donors (Lipinski definition) is 3. The largest absolute Gasteiger partial charge is 0.417 e. The van der Waals surface area contributed by atoms with E-state index in [-0.39, 0.29) is 18.2 Å². The first-order valence-electron chi connectivity index (χ1n) is 13.1. The van der Waals surface area contributed by atoms with Gasteiger partial charge in [-0.2, -0.15) is 18.4 Å². The van der Waals surface area contributed by atoms with E-state index in [1.165, 1.54) is 22.6 Å². The molecular weight excluding hydrogens is 571 g/mol. The van der Waals surface area contributed by atoms with Crippen LogP contribution in [-0.2, 0) is 12.7 Å². The Morgan fingerprint density at radius 2 is 1.74 bits per heavy atom. The lowest BCUT2D eigenvalue weighted by molar-refractivity contribution is -0.137. The van der Waals surface area contributed by atoms with Crippen LogP contribution in [0.25, 0.3) is 5.57 Å². The van der Waals surface area contributed by atoms with E-state index in [1.807, 2.05) is 12.1 Å². The molecule has 216 valence electrons. The molecule has 0 spiro atoms. The molecule has 1 aromatic heterocycles. The van der Waals surface area contributed by atoms with Crippen LogP contribution in [0.15, 0.2) is 72.8 Å². The SMILES string of the molecule is O=C(Nc1nn[nH]n1)c1ccc(CN(C(=O)Nc2cccc(C(F)(F)F)c2Cl)c2ccc(C3=CCCCC3)cc2)cc1. The van der Waals surface area contributed by atoms with Gasteiger partial charge < -0.3 is 5.32 Å². The Hall–Kier alpha value is -4.71. The molecule has 0 bridgehead atoms. The van der Waals surface area contributed by atoms with E-state index in [0.29, 0.717) is 16.8 Å². The number of anilines is 3. The first-order chi connectivity index (χ1) is 20.2. The van der Waals surface area contributed by atoms with Crippen molar-refractivity contribution in [3.05, 3.63) is 100 Å². The molecule has 0 aliphatic heterocycles. The van der Waals surface area contributed by atoms with Crippen LogP contribution in [0, 0.1) is 0 Å². The van der Waals surface area contributed by atoms with Crippen LogP contribution < -0.4 is 15.5 Å². The fraction of sp³-hybridized carbons (Fsp3) is 0.207. The molecule has 1 heterocycles. The molecule has 0 atom stereocenters. The number of hydrogen-bond acceptors (Lipinski definition) is 5. The number of halogens is 4. The second-order valence-corrected chi connectivity index (χ2v) is 9.97. The summed E-state index contributed by atoms with van der Waals surface area (Å²) in [5, 5.41) is 17.4. The lowest BCUT2D eigenvalue weighted by Gasteiger charge is -2.25. The number of rotatable bonds is 7. The highest BCUT2D eigenvalue weighted by atomic mass is 35.5. The van der Waals surface area contributed by atoms with Gasteiger partial charge in [-0.15, -0.1) is 5.10 Å². The van der Waals surface area contributed by atoms with Gasteiger partial charge in [-0.3, -0.25) is 15.0 Å². The van der Waals surface area contributed by atoms with Crippen molar-refractivity contribution in [1.29, 1.82) is 0 Å². The minimum absolute atomic E-state index is 0.0209. The number of aromatic amines is 1. The van der Waals surface area contributed by atoms with Crippen molar-refractivity contribution < 1.29 is 22.8 Å². The van der Waals surface area contributed by atoms with Crippen LogP contribution in [0.4, 0.5) is 35.3 Å². The van der Waals surface area contributed by atoms with Crippen molar-refractivity contribution in [3.63, 3.8) is 0 Å². The Kier molecular flexibility index (Phi) is 8.53. The maximum absolute atomic E-state index is 13.5. The number of tetrazole rings is 1. The number of allylic oxidation sites excluding steroid dienone is 2. The summed E-state index contributed by atoms with van der Waals surface area (Å²) in [5.74, 6) is -0.433. The van der Waals surface area contributed by atoms with Crippen LogP contribution in [0.5, 0.6) is 0 Å². The van der Waals surface area contributed by atoms with Gasteiger partial charge in [-0.25, -0.2) is 4.79 Å². The molecule has 3 N–H and O–H groups in total. The summed E-state index contributed by atoms with van der Waals surface area (Å²) in [5.41, 5.74) is 2.59. The molecule has 9 nitrogen and oxygen atoms in total. The number of nitrogens with one attached hydrogen (secondary N) is 3. The topological polar surface area (TPSA) is 116 Å². The number of carbonyl (C=O) groups is 2. The summed E-state index contributed by atoms with van der Waals surface area (Å²) in [6, 6.07) is 16.6. The van der Waals surface area contributed by atoms with Crippen molar-refractivity contribution in [3.8, 4) is 0 Å². The number of carbonyl (C=O) groups excluding carboxylic acids is 2. The van der Waals surface area contributed by atoms with E-state index in [9.17, 15) is 22.8 Å². The van der Waals surface area contributed by atoms with Gasteiger partial charge in [0.2, 0.25) is 0 Å². The Balaban J connectivity index is 1.40. The standard InChI is InChI=1S/C29H25ClF3N7O2/c30-25-23(29(31,32)33)7-4-8-24(25)34-28(42)40(22-15-13-20(14-16-22)19-5-2-1-3-6-19)17-18-9-11-21(12-10-18)26(41)35-27-36-38-39-37-27/h4-5,7-16H,1-3,6,17H2,(H,34,42)(H2,35,36,37,38,39,41). The molecule has 0 unspecified atom stereocenters. The third kappa shape index (κ3) is 6.77. The van der Waals surface area contributed by atoms with Crippen LogP contribution >= 0.6 is 11.6 Å². The zero-order chi connectivity index (χ0) is 29.7. The Bertz CT molecular complexity index is 1590. The third-order valence-electron chi connectivity index (χ3n) is 6.76. The monoisotopic (exact) mass is 595 g/mol. The lowest BCUT2D eigenvalue weighted by atomic mass is 9.93. The highest BCUT2D eigenvalue weighted by Crippen LogP contribution is 2.38. The maximum Gasteiger partial charge on any atom is 0.417 e.